The fourth-order valence-corrected chi connectivity index (χ4v) is 2.55. The molecular weight excluding hydrogens is 310 g/mol. The third kappa shape index (κ3) is 2.98. The zero-order valence-electron chi connectivity index (χ0n) is 12.6. The molecule has 0 aliphatic rings. The molecule has 0 fully saturated rings. The van der Waals surface area contributed by atoms with Crippen LogP contribution in [-0.4, -0.2) is 26.8 Å². The number of nitrogens with zero attached hydrogens (tertiary/aromatic N) is 1. The molecule has 7 nitrogen and oxygen atoms in total. The molecule has 3 aromatic rings. The van der Waals surface area contributed by atoms with Gasteiger partial charge in [-0.2, -0.15) is 0 Å². The molecule has 0 saturated carbocycles. The van der Waals surface area contributed by atoms with Crippen molar-refractivity contribution < 1.29 is 20.0 Å². The number of rotatable bonds is 4. The van der Waals surface area contributed by atoms with Crippen molar-refractivity contribution in [3.05, 3.63) is 71.4 Å². The third-order valence-corrected chi connectivity index (χ3v) is 3.81. The van der Waals surface area contributed by atoms with Crippen molar-refractivity contribution in [1.82, 2.24) is 15.5 Å². The van der Waals surface area contributed by atoms with Crippen LogP contribution in [0.15, 0.2) is 54.7 Å². The fraction of sp³-hybridized carbons (Fsp3) is 0.0588. The molecule has 0 saturated heterocycles. The second-order valence-electron chi connectivity index (χ2n) is 5.30. The van der Waals surface area contributed by atoms with E-state index in [2.05, 4.69) is 0 Å². The van der Waals surface area contributed by atoms with E-state index in [4.69, 9.17) is 10.4 Å². The predicted molar refractivity (Wildman–Crippen MR) is 86.0 cm³/mol. The molecular formula is C17H15N3O4. The second kappa shape index (κ2) is 6.53. The first kappa shape index (κ1) is 15.7. The highest BCUT2D eigenvalue weighted by Gasteiger charge is 2.09. The van der Waals surface area contributed by atoms with Gasteiger partial charge in [0.1, 0.15) is 0 Å². The van der Waals surface area contributed by atoms with Crippen LogP contribution in [0.1, 0.15) is 26.3 Å². The average molecular weight is 325 g/mol. The quantitative estimate of drug-likeness (QED) is 0.434. The zero-order chi connectivity index (χ0) is 17.1. The molecule has 0 unspecified atom stereocenters. The fourth-order valence-electron chi connectivity index (χ4n) is 2.55. The van der Waals surface area contributed by atoms with Crippen LogP contribution in [0.5, 0.6) is 0 Å². The minimum Gasteiger partial charge on any atom is -0.343 e. The van der Waals surface area contributed by atoms with Crippen molar-refractivity contribution in [1.29, 1.82) is 0 Å². The van der Waals surface area contributed by atoms with E-state index in [-0.39, 0.29) is 0 Å². The summed E-state index contributed by atoms with van der Waals surface area (Å²) in [5.41, 5.74) is 5.75. The average Bonchev–Trinajstić information content (AvgIpc) is 3.03. The van der Waals surface area contributed by atoms with E-state index in [0.29, 0.717) is 17.7 Å². The van der Waals surface area contributed by atoms with Gasteiger partial charge < -0.3 is 4.57 Å². The van der Waals surface area contributed by atoms with Gasteiger partial charge in [0.2, 0.25) is 0 Å². The van der Waals surface area contributed by atoms with Crippen LogP contribution in [0.25, 0.3) is 10.9 Å². The summed E-state index contributed by atoms with van der Waals surface area (Å²) < 4.78 is 1.96. The van der Waals surface area contributed by atoms with Gasteiger partial charge in [-0.15, -0.1) is 0 Å². The number of hydrogen-bond acceptors (Lipinski definition) is 4. The third-order valence-electron chi connectivity index (χ3n) is 3.81. The lowest BCUT2D eigenvalue weighted by Gasteiger charge is -2.08. The molecule has 4 N–H and O–H groups in total. The molecule has 1 aromatic heterocycles. The summed E-state index contributed by atoms with van der Waals surface area (Å²) in [6, 6.07) is 13.9. The minimum atomic E-state index is -0.566. The summed E-state index contributed by atoms with van der Waals surface area (Å²) in [5.74, 6) is -1.13. The van der Waals surface area contributed by atoms with Crippen LogP contribution in [0.3, 0.4) is 0 Å². The number of nitrogens with one attached hydrogen (secondary N) is 2. The molecule has 24 heavy (non-hydrogen) atoms. The van der Waals surface area contributed by atoms with Crippen molar-refractivity contribution in [2.75, 3.05) is 0 Å². The van der Waals surface area contributed by atoms with Crippen LogP contribution in [0.2, 0.25) is 0 Å². The minimum absolute atomic E-state index is 0.361. The Hall–Kier alpha value is -3.16. The number of hydroxylamine groups is 2. The highest BCUT2D eigenvalue weighted by Crippen LogP contribution is 2.19. The Morgan fingerprint density at radius 3 is 2.17 bits per heavy atom. The smallest absolute Gasteiger partial charge is 0.274 e. The van der Waals surface area contributed by atoms with E-state index >= 15 is 0 Å². The maximum atomic E-state index is 11.5. The Morgan fingerprint density at radius 2 is 1.50 bits per heavy atom. The van der Waals surface area contributed by atoms with Crippen LogP contribution < -0.4 is 11.0 Å². The van der Waals surface area contributed by atoms with Crippen LogP contribution >= 0.6 is 0 Å². The highest BCUT2D eigenvalue weighted by atomic mass is 16.5. The lowest BCUT2D eigenvalue weighted by atomic mass is 10.1. The molecule has 0 radical (unpaired) electrons. The van der Waals surface area contributed by atoms with Gasteiger partial charge in [-0.25, -0.2) is 11.0 Å². The van der Waals surface area contributed by atoms with E-state index in [9.17, 15) is 9.59 Å². The lowest BCUT2D eigenvalue weighted by Crippen LogP contribution is -2.18. The summed E-state index contributed by atoms with van der Waals surface area (Å²) >= 11 is 0. The van der Waals surface area contributed by atoms with E-state index in [1.54, 1.807) is 47.4 Å². The summed E-state index contributed by atoms with van der Waals surface area (Å²) in [4.78, 5) is 22.9. The van der Waals surface area contributed by atoms with Gasteiger partial charge in [0.25, 0.3) is 11.8 Å². The standard InChI is InChI=1S/C17H15N3O4/c21-16(18-23)13-3-1-11(2-4-13)10-20-8-7-12-5-6-14(9-15(12)20)17(22)19-24/h1-9,23-24H,10H2,(H,18,21)(H,19,22). The Labute approximate surface area is 137 Å². The first-order chi connectivity index (χ1) is 11.6. The number of carbonyl (C=O) groups excluding carboxylic acids is 2. The van der Waals surface area contributed by atoms with Gasteiger partial charge in [0.05, 0.1) is 0 Å². The molecule has 2 aromatic carbocycles. The maximum Gasteiger partial charge on any atom is 0.274 e. The van der Waals surface area contributed by atoms with Crippen molar-refractivity contribution in [3.8, 4) is 0 Å². The number of carbonyl (C=O) groups is 2. The van der Waals surface area contributed by atoms with E-state index in [1.165, 1.54) is 0 Å². The topological polar surface area (TPSA) is 104 Å². The first-order valence-corrected chi connectivity index (χ1v) is 7.19. The highest BCUT2D eigenvalue weighted by molar-refractivity contribution is 5.97. The first-order valence-electron chi connectivity index (χ1n) is 7.19. The maximum absolute atomic E-state index is 11.5. The lowest BCUT2D eigenvalue weighted by molar-refractivity contribution is 0.0702. The molecule has 0 spiro atoms. The SMILES string of the molecule is O=C(NO)c1ccc(Cn2ccc3ccc(C(=O)NO)cc32)cc1. The largest absolute Gasteiger partial charge is 0.343 e. The number of amides is 2. The Morgan fingerprint density at radius 1 is 0.875 bits per heavy atom. The van der Waals surface area contributed by atoms with E-state index < -0.39 is 11.8 Å². The Kier molecular flexibility index (Phi) is 4.28. The predicted octanol–water partition coefficient (Wildman–Crippen LogP) is 1.93. The van der Waals surface area contributed by atoms with Crippen LogP contribution in [-0.2, 0) is 6.54 Å². The Bertz CT molecular complexity index is 900. The molecule has 0 atom stereocenters. The van der Waals surface area contributed by atoms with Gasteiger partial charge in [-0.3, -0.25) is 20.0 Å². The monoisotopic (exact) mass is 325 g/mol. The second-order valence-corrected chi connectivity index (χ2v) is 5.30. The van der Waals surface area contributed by atoms with Crippen molar-refractivity contribution in [2.24, 2.45) is 0 Å². The molecule has 2 amide bonds. The van der Waals surface area contributed by atoms with Gasteiger partial charge in [0, 0.05) is 29.4 Å². The van der Waals surface area contributed by atoms with Crippen molar-refractivity contribution >= 4 is 22.7 Å². The van der Waals surface area contributed by atoms with E-state index in [0.717, 1.165) is 16.5 Å². The summed E-state index contributed by atoms with van der Waals surface area (Å²) in [6.07, 6.45) is 1.90. The Balaban J connectivity index is 1.89. The number of fused-ring (bicyclic) bond motifs is 1. The van der Waals surface area contributed by atoms with Crippen molar-refractivity contribution in [2.45, 2.75) is 6.54 Å². The molecule has 1 heterocycles. The molecule has 3 rings (SSSR count). The summed E-state index contributed by atoms with van der Waals surface area (Å²) in [6.45, 7) is 0.550. The van der Waals surface area contributed by atoms with Gasteiger partial charge >= 0.3 is 0 Å². The van der Waals surface area contributed by atoms with Gasteiger partial charge in [-0.05, 0) is 41.3 Å². The molecule has 0 bridgehead atoms. The van der Waals surface area contributed by atoms with Crippen LogP contribution in [0.4, 0.5) is 0 Å². The van der Waals surface area contributed by atoms with E-state index in [1.807, 2.05) is 22.9 Å². The van der Waals surface area contributed by atoms with Gasteiger partial charge in [0.15, 0.2) is 0 Å². The van der Waals surface area contributed by atoms with Crippen molar-refractivity contribution in [3.63, 3.8) is 0 Å². The van der Waals surface area contributed by atoms with Gasteiger partial charge in [-0.1, -0.05) is 18.2 Å². The molecule has 122 valence electrons. The van der Waals surface area contributed by atoms with Crippen LogP contribution in [0, 0.1) is 0 Å². The molecule has 7 heteroatoms. The zero-order valence-corrected chi connectivity index (χ0v) is 12.6. The number of aromatic nitrogens is 1. The number of hydrogen-bond donors (Lipinski definition) is 4. The molecule has 0 aliphatic carbocycles. The number of benzene rings is 2. The molecule has 0 aliphatic heterocycles. The summed E-state index contributed by atoms with van der Waals surface area (Å²) in [5, 5.41) is 18.3. The normalized spacial score (nSPS) is 10.6. The summed E-state index contributed by atoms with van der Waals surface area (Å²) in [7, 11) is 0.